The Bertz CT molecular complexity index is 268. The van der Waals surface area contributed by atoms with E-state index < -0.39 is 8.56 Å². The maximum atomic E-state index is 10.4. The minimum Gasteiger partial charge on any atom is -0.520 e. The van der Waals surface area contributed by atoms with Gasteiger partial charge in [-0.2, -0.15) is 0 Å². The van der Waals surface area contributed by atoms with Crippen molar-refractivity contribution in [2.45, 2.75) is 38.8 Å². The highest BCUT2D eigenvalue weighted by Crippen LogP contribution is 2.22. The Kier molecular flexibility index (Phi) is 4.85. The second-order valence-electron chi connectivity index (χ2n) is 3.86. The van der Waals surface area contributed by atoms with E-state index in [2.05, 4.69) is 13.8 Å². The van der Waals surface area contributed by atoms with E-state index in [4.69, 9.17) is 4.43 Å². The number of para-hydroxylation sites is 1. The predicted octanol–water partition coefficient (Wildman–Crippen LogP) is 3.32. The van der Waals surface area contributed by atoms with Crippen LogP contribution in [0.5, 0.6) is 5.75 Å². The van der Waals surface area contributed by atoms with E-state index in [1.165, 1.54) is 0 Å². The molecule has 0 bridgehead atoms. The summed E-state index contributed by atoms with van der Waals surface area (Å²) in [6.07, 6.45) is 1.96. The molecule has 0 radical (unpaired) electrons. The van der Waals surface area contributed by atoms with Crippen LogP contribution in [-0.2, 0) is 0 Å². The molecule has 0 aliphatic heterocycles. The average molecular weight is 224 g/mol. The first-order valence-corrected chi connectivity index (χ1v) is 7.93. The van der Waals surface area contributed by atoms with Gasteiger partial charge in [-0.3, -0.25) is 0 Å². The Morgan fingerprint density at radius 2 is 1.60 bits per heavy atom. The lowest BCUT2D eigenvalue weighted by atomic mass is 10.3. The summed E-state index contributed by atoms with van der Waals surface area (Å²) in [4.78, 5) is 10.4. The minimum atomic E-state index is -2.49. The molecule has 3 heteroatoms. The quantitative estimate of drug-likeness (QED) is 0.751. The summed E-state index contributed by atoms with van der Waals surface area (Å²) in [5.41, 5.74) is 0. The van der Waals surface area contributed by atoms with Crippen molar-refractivity contribution in [3.05, 3.63) is 30.3 Å². The number of hydrogen-bond acceptors (Lipinski definition) is 2. The minimum absolute atomic E-state index is 0.800. The molecule has 1 rings (SSSR count). The van der Waals surface area contributed by atoms with Crippen LogP contribution < -0.4 is 4.43 Å². The second-order valence-corrected chi connectivity index (χ2v) is 6.96. The molecular weight excluding hydrogens is 204 g/mol. The zero-order valence-corrected chi connectivity index (χ0v) is 10.6. The van der Waals surface area contributed by atoms with E-state index in [9.17, 15) is 4.80 Å². The number of rotatable bonds is 6. The summed E-state index contributed by atoms with van der Waals surface area (Å²) in [6.45, 7) is 4.17. The highest BCUT2D eigenvalue weighted by molar-refractivity contribution is 6.66. The number of benzene rings is 1. The van der Waals surface area contributed by atoms with Gasteiger partial charge < -0.3 is 9.22 Å². The molecule has 1 aromatic carbocycles. The summed E-state index contributed by atoms with van der Waals surface area (Å²) in [5, 5.41) is 0. The first-order chi connectivity index (χ1) is 7.20. The number of hydrogen-bond donors (Lipinski definition) is 1. The zero-order valence-electron chi connectivity index (χ0n) is 9.57. The van der Waals surface area contributed by atoms with Gasteiger partial charge in [0.05, 0.1) is 0 Å². The first kappa shape index (κ1) is 12.3. The van der Waals surface area contributed by atoms with Crippen molar-refractivity contribution in [3.63, 3.8) is 0 Å². The highest BCUT2D eigenvalue weighted by Gasteiger charge is 2.33. The van der Waals surface area contributed by atoms with Gasteiger partial charge in [0.15, 0.2) is 0 Å². The highest BCUT2D eigenvalue weighted by atomic mass is 28.4. The van der Waals surface area contributed by atoms with E-state index in [1.54, 1.807) is 0 Å². The van der Waals surface area contributed by atoms with Crippen LogP contribution in [0.2, 0.25) is 12.1 Å². The molecule has 2 nitrogen and oxygen atoms in total. The van der Waals surface area contributed by atoms with Gasteiger partial charge in [-0.25, -0.2) is 0 Å². The Labute approximate surface area is 93.2 Å². The van der Waals surface area contributed by atoms with E-state index in [0.29, 0.717) is 0 Å². The third-order valence-corrected chi connectivity index (χ3v) is 5.51. The molecule has 0 aliphatic carbocycles. The lowest BCUT2D eigenvalue weighted by Gasteiger charge is -2.25. The van der Waals surface area contributed by atoms with Crippen molar-refractivity contribution in [1.82, 2.24) is 0 Å². The van der Waals surface area contributed by atoms with Crippen LogP contribution in [0.4, 0.5) is 0 Å². The predicted molar refractivity (Wildman–Crippen MR) is 65.2 cm³/mol. The second kappa shape index (κ2) is 5.93. The molecule has 1 aromatic rings. The van der Waals surface area contributed by atoms with E-state index in [0.717, 1.165) is 30.7 Å². The molecule has 0 aromatic heterocycles. The Hall–Kier alpha value is -0.803. The summed E-state index contributed by atoms with van der Waals surface area (Å²) in [5.74, 6) is 0.800. The molecule has 15 heavy (non-hydrogen) atoms. The van der Waals surface area contributed by atoms with E-state index in [1.807, 2.05) is 30.3 Å². The van der Waals surface area contributed by atoms with Gasteiger partial charge in [0.1, 0.15) is 5.75 Å². The van der Waals surface area contributed by atoms with Crippen molar-refractivity contribution in [3.8, 4) is 5.75 Å². The summed E-state index contributed by atoms with van der Waals surface area (Å²) >= 11 is 0. The van der Waals surface area contributed by atoms with Gasteiger partial charge in [-0.05, 0) is 12.1 Å². The van der Waals surface area contributed by atoms with Crippen molar-refractivity contribution in [2.24, 2.45) is 0 Å². The van der Waals surface area contributed by atoms with Crippen LogP contribution in [0.1, 0.15) is 26.7 Å². The van der Waals surface area contributed by atoms with Crippen LogP contribution in [0.25, 0.3) is 0 Å². The normalized spacial score (nSPS) is 11.4. The summed E-state index contributed by atoms with van der Waals surface area (Å²) < 4.78 is 5.78. The van der Waals surface area contributed by atoms with Crippen LogP contribution in [0, 0.1) is 0 Å². The lowest BCUT2D eigenvalue weighted by Crippen LogP contribution is -2.41. The van der Waals surface area contributed by atoms with Gasteiger partial charge in [-0.15, -0.1) is 0 Å². The van der Waals surface area contributed by atoms with E-state index in [-0.39, 0.29) is 0 Å². The molecule has 0 spiro atoms. The third-order valence-electron chi connectivity index (χ3n) is 2.33. The van der Waals surface area contributed by atoms with Gasteiger partial charge in [-0.1, -0.05) is 44.9 Å². The fourth-order valence-corrected chi connectivity index (χ4v) is 4.31. The molecule has 0 atom stereocenters. The van der Waals surface area contributed by atoms with Crippen molar-refractivity contribution in [1.29, 1.82) is 0 Å². The van der Waals surface area contributed by atoms with Crippen molar-refractivity contribution < 1.29 is 9.22 Å². The fraction of sp³-hybridized carbons (Fsp3) is 0.500. The molecule has 0 amide bonds. The Morgan fingerprint density at radius 1 is 1.07 bits per heavy atom. The van der Waals surface area contributed by atoms with Gasteiger partial charge in [0.25, 0.3) is 0 Å². The smallest absolute Gasteiger partial charge is 0.396 e. The molecule has 1 N–H and O–H groups in total. The van der Waals surface area contributed by atoms with Crippen LogP contribution in [0.3, 0.4) is 0 Å². The maximum absolute atomic E-state index is 10.4. The summed E-state index contributed by atoms with van der Waals surface area (Å²) in [6, 6.07) is 11.3. The van der Waals surface area contributed by atoms with Crippen LogP contribution in [-0.4, -0.2) is 13.4 Å². The first-order valence-electron chi connectivity index (χ1n) is 5.66. The SMILES string of the molecule is CCC[Si](O)(CCC)Oc1ccccc1. The molecule has 0 fully saturated rings. The van der Waals surface area contributed by atoms with Gasteiger partial charge in [0.2, 0.25) is 0 Å². The molecular formula is C12H20O2Si. The lowest BCUT2D eigenvalue weighted by molar-refractivity contribution is 0.365. The van der Waals surface area contributed by atoms with Gasteiger partial charge >= 0.3 is 8.56 Å². The fourth-order valence-electron chi connectivity index (χ4n) is 1.72. The van der Waals surface area contributed by atoms with Crippen molar-refractivity contribution in [2.75, 3.05) is 0 Å². The molecule has 84 valence electrons. The molecule has 0 unspecified atom stereocenters. The third kappa shape index (κ3) is 4.06. The standard InChI is InChI=1S/C12H20O2Si/c1-3-10-15(13,11-4-2)14-12-8-6-5-7-9-12/h5-9,13H,3-4,10-11H2,1-2H3. The molecule has 0 saturated heterocycles. The Morgan fingerprint density at radius 3 is 2.07 bits per heavy atom. The van der Waals surface area contributed by atoms with Crippen LogP contribution in [0.15, 0.2) is 30.3 Å². The van der Waals surface area contributed by atoms with Gasteiger partial charge in [0, 0.05) is 12.1 Å². The monoisotopic (exact) mass is 224 g/mol. The topological polar surface area (TPSA) is 29.5 Å². The van der Waals surface area contributed by atoms with Crippen LogP contribution >= 0.6 is 0 Å². The zero-order chi connectivity index (χ0) is 11.1. The van der Waals surface area contributed by atoms with Crippen molar-refractivity contribution >= 4 is 8.56 Å². The Balaban J connectivity index is 2.66. The molecule has 0 saturated carbocycles. The van der Waals surface area contributed by atoms with E-state index >= 15 is 0 Å². The average Bonchev–Trinajstić information content (AvgIpc) is 2.19. The maximum Gasteiger partial charge on any atom is 0.396 e. The molecule has 0 aliphatic rings. The molecule has 0 heterocycles. The largest absolute Gasteiger partial charge is 0.520 e. The summed E-state index contributed by atoms with van der Waals surface area (Å²) in [7, 11) is -2.49.